The van der Waals surface area contributed by atoms with Crippen LogP contribution < -0.4 is 94.5 Å². The minimum atomic E-state index is -0.291. The maximum absolute atomic E-state index is 11.3. The van der Waals surface area contributed by atoms with Crippen molar-refractivity contribution < 1.29 is 28.5 Å². The van der Waals surface area contributed by atoms with Crippen molar-refractivity contribution in [3.05, 3.63) is 448 Å². The summed E-state index contributed by atoms with van der Waals surface area (Å²) in [5.74, 6) is 5.44. The fourth-order valence-corrected chi connectivity index (χ4v) is 14.8. The van der Waals surface area contributed by atoms with Crippen molar-refractivity contribution in [3.63, 3.8) is 0 Å². The molecule has 2 aliphatic rings. The van der Waals surface area contributed by atoms with E-state index in [1.54, 1.807) is 50.4 Å². The Morgan fingerprint density at radius 1 is 0.271 bits per heavy atom. The largest absolute Gasteiger partial charge is 0.497 e. The predicted octanol–water partition coefficient (Wildman–Crippen LogP) is 21.3. The van der Waals surface area contributed by atoms with Gasteiger partial charge in [-0.2, -0.15) is 0 Å². The molecule has 14 aromatic carbocycles. The number of nitrogen functional groups attached to an aromatic ring is 4. The van der Waals surface area contributed by atoms with Crippen LogP contribution in [-0.4, -0.2) is 116 Å². The van der Waals surface area contributed by atoms with Crippen LogP contribution in [0.2, 0.25) is 0 Å². The van der Waals surface area contributed by atoms with E-state index in [1.807, 2.05) is 158 Å². The minimum Gasteiger partial charge on any atom is -0.497 e. The summed E-state index contributed by atoms with van der Waals surface area (Å²) in [6, 6.07) is 125. The molecule has 0 aliphatic heterocycles. The molecule has 0 unspecified atom stereocenters. The monoisotopic (exact) mass is 1900 g/mol. The first-order valence-electron chi connectivity index (χ1n) is 47.3. The van der Waals surface area contributed by atoms with E-state index in [2.05, 4.69) is 278 Å². The van der Waals surface area contributed by atoms with Crippen LogP contribution in [0, 0.1) is 25.7 Å². The lowest BCUT2D eigenvalue weighted by molar-refractivity contribution is 0.0600. The summed E-state index contributed by atoms with van der Waals surface area (Å²) in [6.07, 6.45) is 12.6. The van der Waals surface area contributed by atoms with Crippen molar-refractivity contribution in [2.24, 2.45) is 69.2 Å². The van der Waals surface area contributed by atoms with Gasteiger partial charge in [0.05, 0.1) is 19.8 Å². The number of carbonyl (C=O) groups is 2. The SMILES string of the molecule is CC1CCC(c2ccc(Cc3ccc(N)cc3)cc2)(c2ccc(Cc3ccc(N)cc3)cc2)CC1.CC1CCC(c2ccc(Oc3ccc(N)cc3)cc2)(c2ccc(Oc3ccc(N)cc3)cc2)CC1.CN.CN.CN.CN.CN.CN.CN.CN.CN.CN.CN(C)C(=O)c1ccccc1.COC(=O)c1ccccc1.COc1ccccc1.Cc1ccc(Cc2ccccc2)cc1.Cc1ccccc1. The topological polar surface area (TPSA) is 439 Å². The number of hydrogen-bond donors (Lipinski definition) is 14. The van der Waals surface area contributed by atoms with Gasteiger partial charge in [0.1, 0.15) is 28.7 Å². The molecule has 0 aromatic heterocycles. The number of amides is 1. The number of esters is 1. The van der Waals surface area contributed by atoms with Gasteiger partial charge in [-0.05, 0) is 356 Å². The zero-order valence-corrected chi connectivity index (χ0v) is 86.6. The average molecular weight is 1900 g/mol. The zero-order chi connectivity index (χ0) is 105. The lowest BCUT2D eigenvalue weighted by Gasteiger charge is -2.41. The summed E-state index contributed by atoms with van der Waals surface area (Å²) in [5, 5.41) is 0. The third-order valence-corrected chi connectivity index (χ3v) is 22.0. The smallest absolute Gasteiger partial charge is 0.337 e. The minimum absolute atomic E-state index is 0.00797. The Labute approximate surface area is 839 Å². The Kier molecular flexibility index (Phi) is 69.6. The van der Waals surface area contributed by atoms with E-state index in [1.165, 1.54) is 183 Å². The molecule has 0 heterocycles. The number of rotatable bonds is 17. The second-order valence-corrected chi connectivity index (χ2v) is 31.4. The van der Waals surface area contributed by atoms with Gasteiger partial charge in [0.2, 0.25) is 0 Å². The Hall–Kier alpha value is -13.8. The molecule has 754 valence electrons. The number of nitrogens with two attached hydrogens (primary N) is 14. The van der Waals surface area contributed by atoms with E-state index in [0.717, 1.165) is 101 Å². The number of carbonyl (C=O) groups excluding carboxylic acids is 2. The molecule has 0 saturated heterocycles. The molecule has 0 radical (unpaired) electrons. The van der Waals surface area contributed by atoms with Crippen LogP contribution in [0.5, 0.6) is 28.7 Å². The second kappa shape index (κ2) is 77.2. The van der Waals surface area contributed by atoms with Crippen LogP contribution in [0.4, 0.5) is 22.7 Å². The third-order valence-electron chi connectivity index (χ3n) is 22.0. The first-order valence-corrected chi connectivity index (χ1v) is 47.3. The second-order valence-electron chi connectivity index (χ2n) is 31.4. The molecule has 2 saturated carbocycles. The number of hydrogen-bond acceptors (Lipinski definition) is 20. The molecule has 21 heteroatoms. The number of nitrogens with zero attached hydrogens (tertiary/aromatic N) is 1. The van der Waals surface area contributed by atoms with Crippen LogP contribution in [0.1, 0.15) is 153 Å². The molecule has 2 fully saturated rings. The normalized spacial score (nSPS) is 11.5. The van der Waals surface area contributed by atoms with Crippen LogP contribution >= 0.6 is 0 Å². The molecule has 1 amide bonds. The molecule has 14 aromatic rings. The van der Waals surface area contributed by atoms with Crippen LogP contribution in [0.15, 0.2) is 370 Å². The molecular formula is C119H167N15O6. The van der Waals surface area contributed by atoms with Gasteiger partial charge in [-0.15, -0.1) is 0 Å². The quantitative estimate of drug-likeness (QED) is 0.0297. The Morgan fingerprint density at radius 3 is 0.736 bits per heavy atom. The summed E-state index contributed by atoms with van der Waals surface area (Å²) in [4.78, 5) is 23.6. The summed E-state index contributed by atoms with van der Waals surface area (Å²) < 4.78 is 21.5. The molecule has 0 spiro atoms. The first-order chi connectivity index (χ1) is 68.2. The van der Waals surface area contributed by atoms with E-state index < -0.39 is 0 Å². The standard InChI is InChI=1S/C33H36N2.C31H32N2O2.C14H14.C9H11NO.C8H8O2.C7H8O.C7H8.10CH5N/c1-24-18-20-33(21-19-24,29-10-2-25(3-11-29)22-27-6-14-31(34)15-7-27)30-12-4-26(5-13-30)23-28-8-16-32(35)17-9-28;1-22-18-20-31(21-19-22,23-2-10-27(11-3-23)34-29-14-6-25(32)7-15-29)24-4-12-28(13-5-24)35-30-16-8-26(33)9-17-30;1-12-7-9-14(10-8-12)11-13-5-3-2-4-6-13;1-10(2)9(11)8-6-4-3-5-7-8;1-10-8(9)7-5-3-2-4-6-7;1-8-7-5-3-2-4-6-7;1-7-5-3-2-4-6-7;10*1-2/h2-17,24H,18-23,34-35H2,1H3;2-17,22H,18-21,32-33H2,1H3;2-10H,11H2,1H3;3-7H,1-2H3;2-6H,1H3;2-6H,1H3;2-6H,1H3;10*2H2,1H3. The van der Waals surface area contributed by atoms with E-state index in [-0.39, 0.29) is 22.7 Å². The Bertz CT molecular complexity index is 4910. The Morgan fingerprint density at radius 2 is 0.486 bits per heavy atom. The average Bonchev–Trinajstić information content (AvgIpc) is 0.768. The van der Waals surface area contributed by atoms with Crippen molar-refractivity contribution in [1.29, 1.82) is 0 Å². The highest BCUT2D eigenvalue weighted by molar-refractivity contribution is 5.93. The van der Waals surface area contributed by atoms with Gasteiger partial charge >= 0.3 is 5.97 Å². The zero-order valence-electron chi connectivity index (χ0n) is 86.6. The molecular weight excluding hydrogens is 1740 g/mol. The Balaban J connectivity index is 0.00000168. The summed E-state index contributed by atoms with van der Waals surface area (Å²) in [7, 11) is 21.5. The summed E-state index contributed by atoms with van der Waals surface area (Å²) in [5.41, 5.74) is 89.0. The molecule has 0 atom stereocenters. The number of methoxy groups -OCH3 is 2. The van der Waals surface area contributed by atoms with E-state index >= 15 is 0 Å². The highest BCUT2D eigenvalue weighted by Crippen LogP contribution is 2.49. The van der Waals surface area contributed by atoms with E-state index in [0.29, 0.717) is 5.56 Å². The fourth-order valence-electron chi connectivity index (χ4n) is 14.8. The van der Waals surface area contributed by atoms with E-state index in [4.69, 9.17) is 37.1 Å². The fraction of sp³-hybridized carbons (Fsp3) is 0.277. The van der Waals surface area contributed by atoms with Crippen LogP contribution in [-0.2, 0) is 34.8 Å². The van der Waals surface area contributed by atoms with Crippen molar-refractivity contribution in [2.75, 3.05) is 122 Å². The van der Waals surface area contributed by atoms with Crippen LogP contribution in [0.3, 0.4) is 0 Å². The van der Waals surface area contributed by atoms with Gasteiger partial charge in [-0.3, -0.25) is 4.79 Å². The maximum Gasteiger partial charge on any atom is 0.337 e. The highest BCUT2D eigenvalue weighted by Gasteiger charge is 2.39. The number of para-hydroxylation sites is 1. The van der Waals surface area contributed by atoms with Crippen molar-refractivity contribution >= 4 is 34.6 Å². The lowest BCUT2D eigenvalue weighted by Crippen LogP contribution is -2.32. The molecule has 16 rings (SSSR count). The lowest BCUT2D eigenvalue weighted by atomic mass is 9.63. The predicted molar refractivity (Wildman–Crippen MR) is 600 cm³/mol. The number of aryl methyl sites for hydroxylation is 2. The van der Waals surface area contributed by atoms with Gasteiger partial charge in [-0.1, -0.05) is 262 Å². The highest BCUT2D eigenvalue weighted by atomic mass is 16.5. The molecule has 21 nitrogen and oxygen atoms in total. The molecule has 2 aliphatic carbocycles. The third kappa shape index (κ3) is 47.0. The first kappa shape index (κ1) is 126. The van der Waals surface area contributed by atoms with Gasteiger partial charge < -0.3 is 104 Å². The molecule has 28 N–H and O–H groups in total. The maximum atomic E-state index is 11.3. The van der Waals surface area contributed by atoms with Crippen LogP contribution in [0.25, 0.3) is 0 Å². The number of anilines is 4. The van der Waals surface area contributed by atoms with Crippen molar-refractivity contribution in [1.82, 2.24) is 4.90 Å². The number of benzene rings is 14. The van der Waals surface area contributed by atoms with E-state index in [9.17, 15) is 9.59 Å². The van der Waals surface area contributed by atoms with Gasteiger partial charge in [-0.25, -0.2) is 4.79 Å². The van der Waals surface area contributed by atoms with Crippen molar-refractivity contribution in [3.8, 4) is 28.7 Å². The van der Waals surface area contributed by atoms with Gasteiger partial charge in [0, 0.05) is 53.2 Å². The molecule has 140 heavy (non-hydrogen) atoms. The summed E-state index contributed by atoms with van der Waals surface area (Å²) >= 11 is 0. The van der Waals surface area contributed by atoms with Gasteiger partial charge in [0.15, 0.2) is 0 Å². The summed E-state index contributed by atoms with van der Waals surface area (Å²) in [6.45, 7) is 8.96. The number of ether oxygens (including phenoxy) is 4. The molecule has 0 bridgehead atoms. The van der Waals surface area contributed by atoms with Gasteiger partial charge in [0.25, 0.3) is 5.91 Å². The van der Waals surface area contributed by atoms with Crippen molar-refractivity contribution in [2.45, 2.75) is 109 Å².